The molecule has 5 rings (SSSR count). The number of hydrogen-bond acceptors (Lipinski definition) is 9. The number of nitrogens with zero attached hydrogens (tertiary/aromatic N) is 4. The number of hydrogen-bond donors (Lipinski definition) is 3. The first kappa shape index (κ1) is 23.4. The van der Waals surface area contributed by atoms with Crippen LogP contribution in [-0.2, 0) is 25.8 Å². The Kier molecular flexibility index (Phi) is 6.06. The van der Waals surface area contributed by atoms with Crippen molar-refractivity contribution < 1.29 is 33.3 Å². The van der Waals surface area contributed by atoms with E-state index in [1.807, 2.05) is 47.2 Å². The number of thioether (sulfide) groups is 1. The van der Waals surface area contributed by atoms with Gasteiger partial charge in [0.25, 0.3) is 17.8 Å². The maximum absolute atomic E-state index is 13.0. The van der Waals surface area contributed by atoms with Gasteiger partial charge in [-0.2, -0.15) is 9.55 Å². The summed E-state index contributed by atoms with van der Waals surface area (Å²) in [4.78, 5) is 47.9. The van der Waals surface area contributed by atoms with Gasteiger partial charge in [0, 0.05) is 28.8 Å². The fourth-order valence-electron chi connectivity index (χ4n) is 4.27. The van der Waals surface area contributed by atoms with Crippen molar-refractivity contribution in [3.63, 3.8) is 0 Å². The summed E-state index contributed by atoms with van der Waals surface area (Å²) in [5, 5.41) is 16.7. The molecule has 36 heavy (non-hydrogen) atoms. The third-order valence-corrected chi connectivity index (χ3v) is 7.19. The monoisotopic (exact) mass is 509 g/mol. The minimum absolute atomic E-state index is 0.0345. The number of amides is 2. The predicted molar refractivity (Wildman–Crippen MR) is 128 cm³/mol. The standard InChI is InChI=1S/C23H20N6O6S/c1-34-27-16(14-10-35-23(24)25-14)19(30)26-17-20(31)29-18(22(32)33)13(11-36-21(17)29)9-28-8-4-6-12-5-2-3-7-15(12)28/h2-8,10,17,21H,9,11H2,1H3,(H3-,24,25,26,30,32,33)/p+1/t17?,21-/m0/s1. The number of carbonyl (C=O) groups is 3. The van der Waals surface area contributed by atoms with Crippen LogP contribution in [0, 0.1) is 0 Å². The van der Waals surface area contributed by atoms with Gasteiger partial charge < -0.3 is 25.4 Å². The number of carboxylic acid groups (broad SMARTS) is 1. The minimum Gasteiger partial charge on any atom is -0.477 e. The van der Waals surface area contributed by atoms with Gasteiger partial charge in [0.15, 0.2) is 18.5 Å². The number of aliphatic carboxylic acids is 1. The number of pyridine rings is 1. The Bertz CT molecular complexity index is 1440. The van der Waals surface area contributed by atoms with Crippen LogP contribution in [0.2, 0.25) is 0 Å². The number of fused-ring (bicyclic) bond motifs is 2. The van der Waals surface area contributed by atoms with Gasteiger partial charge in [-0.1, -0.05) is 17.3 Å². The summed E-state index contributed by atoms with van der Waals surface area (Å²) < 4.78 is 6.87. The zero-order valence-electron chi connectivity index (χ0n) is 19.0. The molecule has 2 aliphatic heterocycles. The highest BCUT2D eigenvalue weighted by Gasteiger charge is 2.54. The number of β-lactam (4-membered cyclic amide) rings is 1. The number of nitrogens with two attached hydrogens (primary N) is 1. The van der Waals surface area contributed by atoms with E-state index < -0.39 is 29.2 Å². The summed E-state index contributed by atoms with van der Waals surface area (Å²) >= 11 is 1.38. The van der Waals surface area contributed by atoms with E-state index in [0.717, 1.165) is 17.2 Å². The summed E-state index contributed by atoms with van der Waals surface area (Å²) in [6, 6.07) is 10.5. The SMILES string of the molecule is CON=C(C(=O)NC1C(=O)N2C(C(=O)O)=C(C[n+]3cccc4ccccc43)CS[C@@H]12)c1coc(N)n1. The normalized spacial score (nSPS) is 19.6. The predicted octanol–water partition coefficient (Wildman–Crippen LogP) is 0.487. The van der Waals surface area contributed by atoms with Crippen molar-refractivity contribution in [2.45, 2.75) is 18.0 Å². The second-order valence-electron chi connectivity index (χ2n) is 8.01. The highest BCUT2D eigenvalue weighted by molar-refractivity contribution is 8.00. The maximum Gasteiger partial charge on any atom is 0.352 e. The molecule has 4 heterocycles. The van der Waals surface area contributed by atoms with Crippen molar-refractivity contribution in [2.24, 2.45) is 5.16 Å². The van der Waals surface area contributed by atoms with E-state index in [9.17, 15) is 19.5 Å². The molecule has 2 aromatic heterocycles. The second kappa shape index (κ2) is 9.34. The molecule has 1 aromatic carbocycles. The molecule has 3 aromatic rings. The van der Waals surface area contributed by atoms with Crippen molar-refractivity contribution in [1.29, 1.82) is 0 Å². The molecular formula is C23H21N6O6S+. The number of nitrogen functional groups attached to an aromatic ring is 1. The molecule has 0 aliphatic carbocycles. The van der Waals surface area contributed by atoms with Gasteiger partial charge in [0.05, 0.1) is 0 Å². The first-order valence-corrected chi connectivity index (χ1v) is 11.8. The number of para-hydroxylation sites is 1. The number of oxime groups is 1. The molecule has 0 bridgehead atoms. The highest BCUT2D eigenvalue weighted by Crippen LogP contribution is 2.40. The summed E-state index contributed by atoms with van der Waals surface area (Å²) in [6.45, 7) is 0.307. The van der Waals surface area contributed by atoms with Gasteiger partial charge in [0.1, 0.15) is 36.2 Å². The zero-order valence-corrected chi connectivity index (χ0v) is 19.8. The Morgan fingerprint density at radius 1 is 1.36 bits per heavy atom. The molecule has 12 nitrogen and oxygen atoms in total. The molecule has 0 spiro atoms. The van der Waals surface area contributed by atoms with Crippen LogP contribution in [0.15, 0.2) is 69.7 Å². The summed E-state index contributed by atoms with van der Waals surface area (Å²) in [6.07, 6.45) is 3.01. The second-order valence-corrected chi connectivity index (χ2v) is 9.11. The number of oxazole rings is 1. The molecule has 2 atom stereocenters. The Labute approximate surface area is 208 Å². The lowest BCUT2D eigenvalue weighted by atomic mass is 10.0. The number of carbonyl (C=O) groups excluding carboxylic acids is 2. The van der Waals surface area contributed by atoms with Gasteiger partial charge >= 0.3 is 5.97 Å². The fourth-order valence-corrected chi connectivity index (χ4v) is 5.61. The lowest BCUT2D eigenvalue weighted by Crippen LogP contribution is -2.71. The van der Waals surface area contributed by atoms with Crippen LogP contribution in [0.25, 0.3) is 10.9 Å². The third kappa shape index (κ3) is 4.02. The molecule has 1 unspecified atom stereocenters. The van der Waals surface area contributed by atoms with Crippen molar-refractivity contribution in [3.05, 3.63) is 65.8 Å². The van der Waals surface area contributed by atoms with Crippen molar-refractivity contribution in [1.82, 2.24) is 15.2 Å². The van der Waals surface area contributed by atoms with Crippen molar-refractivity contribution in [3.8, 4) is 0 Å². The van der Waals surface area contributed by atoms with Crippen LogP contribution in [0.5, 0.6) is 0 Å². The number of rotatable bonds is 7. The maximum atomic E-state index is 13.0. The van der Waals surface area contributed by atoms with E-state index in [1.54, 1.807) is 0 Å². The van der Waals surface area contributed by atoms with Crippen LogP contribution in [0.4, 0.5) is 6.01 Å². The van der Waals surface area contributed by atoms with E-state index in [-0.39, 0.29) is 23.1 Å². The van der Waals surface area contributed by atoms with Gasteiger partial charge in [-0.15, -0.1) is 11.8 Å². The molecule has 1 saturated heterocycles. The number of anilines is 1. The number of carboxylic acids is 1. The van der Waals surface area contributed by atoms with E-state index in [2.05, 4.69) is 15.5 Å². The van der Waals surface area contributed by atoms with Gasteiger partial charge in [0.2, 0.25) is 5.52 Å². The summed E-state index contributed by atoms with van der Waals surface area (Å²) in [5.41, 5.74) is 6.76. The lowest BCUT2D eigenvalue weighted by molar-refractivity contribution is -0.663. The van der Waals surface area contributed by atoms with Crippen LogP contribution >= 0.6 is 11.8 Å². The Morgan fingerprint density at radius 2 is 2.14 bits per heavy atom. The largest absolute Gasteiger partial charge is 0.477 e. The summed E-state index contributed by atoms with van der Waals surface area (Å²) in [5.74, 6) is -2.09. The Hall–Kier alpha value is -4.39. The van der Waals surface area contributed by atoms with Crippen LogP contribution in [0.3, 0.4) is 0 Å². The first-order chi connectivity index (χ1) is 17.4. The van der Waals surface area contributed by atoms with Gasteiger partial charge in [-0.25, -0.2) is 4.79 Å². The molecule has 0 radical (unpaired) electrons. The number of aromatic nitrogens is 2. The van der Waals surface area contributed by atoms with E-state index in [4.69, 9.17) is 15.0 Å². The van der Waals surface area contributed by atoms with Crippen LogP contribution < -0.4 is 15.6 Å². The van der Waals surface area contributed by atoms with Crippen LogP contribution in [0.1, 0.15) is 5.69 Å². The van der Waals surface area contributed by atoms with E-state index >= 15 is 0 Å². The van der Waals surface area contributed by atoms with E-state index in [1.165, 1.54) is 23.8 Å². The number of nitrogens with one attached hydrogen (secondary N) is 1. The minimum atomic E-state index is -1.20. The average Bonchev–Trinajstić information content (AvgIpc) is 3.31. The first-order valence-electron chi connectivity index (χ1n) is 10.8. The summed E-state index contributed by atoms with van der Waals surface area (Å²) in [7, 11) is 1.25. The Morgan fingerprint density at radius 3 is 2.86 bits per heavy atom. The molecule has 4 N–H and O–H groups in total. The number of benzene rings is 1. The molecular weight excluding hydrogens is 488 g/mol. The quantitative estimate of drug-likeness (QED) is 0.178. The van der Waals surface area contributed by atoms with Gasteiger partial charge in [-0.05, 0) is 12.1 Å². The zero-order chi connectivity index (χ0) is 25.4. The lowest BCUT2D eigenvalue weighted by Gasteiger charge is -2.49. The molecule has 1 fully saturated rings. The molecule has 2 aliphatic rings. The fraction of sp³-hybridized carbons (Fsp3) is 0.217. The van der Waals surface area contributed by atoms with Gasteiger partial charge in [-0.3, -0.25) is 14.5 Å². The van der Waals surface area contributed by atoms with Crippen LogP contribution in [-0.4, -0.2) is 62.8 Å². The third-order valence-electron chi connectivity index (χ3n) is 5.85. The molecule has 0 saturated carbocycles. The molecule has 184 valence electrons. The smallest absolute Gasteiger partial charge is 0.352 e. The van der Waals surface area contributed by atoms with Crippen molar-refractivity contribution >= 4 is 52.2 Å². The molecule has 2 amide bonds. The Balaban J connectivity index is 1.38. The van der Waals surface area contributed by atoms with E-state index in [0.29, 0.717) is 17.9 Å². The van der Waals surface area contributed by atoms with Crippen molar-refractivity contribution in [2.75, 3.05) is 18.6 Å². The average molecular weight is 510 g/mol. The highest BCUT2D eigenvalue weighted by atomic mass is 32.2. The molecule has 13 heteroatoms. The topological polar surface area (TPSA) is 164 Å².